The van der Waals surface area contributed by atoms with Crippen molar-refractivity contribution in [2.24, 2.45) is 5.10 Å². The minimum absolute atomic E-state index is 0.0815. The zero-order valence-corrected chi connectivity index (χ0v) is 19.9. The molecule has 0 aliphatic heterocycles. The molecular formula is C20H17Cl3N4O4S. The van der Waals surface area contributed by atoms with E-state index in [0.717, 1.165) is 15.9 Å². The van der Waals surface area contributed by atoms with E-state index in [2.05, 4.69) is 15.5 Å². The van der Waals surface area contributed by atoms with Crippen LogP contribution in [0, 0.1) is 0 Å². The monoisotopic (exact) mass is 514 g/mol. The number of rotatable bonds is 7. The van der Waals surface area contributed by atoms with Crippen molar-refractivity contribution in [3.63, 3.8) is 0 Å². The second kappa shape index (κ2) is 9.91. The molecule has 0 atom stereocenters. The number of ether oxygens (including phenoxy) is 1. The van der Waals surface area contributed by atoms with E-state index in [1.807, 2.05) is 6.07 Å². The molecule has 3 aromatic rings. The van der Waals surface area contributed by atoms with Crippen molar-refractivity contribution in [1.82, 2.24) is 10.4 Å². The number of aromatic nitrogens is 1. The predicted molar refractivity (Wildman–Crippen MR) is 128 cm³/mol. The summed E-state index contributed by atoms with van der Waals surface area (Å²) < 4.78 is 30.4. The number of nitrogens with zero attached hydrogens (tertiary/aromatic N) is 3. The molecule has 32 heavy (non-hydrogen) atoms. The van der Waals surface area contributed by atoms with Crippen molar-refractivity contribution in [2.75, 3.05) is 24.2 Å². The van der Waals surface area contributed by atoms with Crippen LogP contribution >= 0.6 is 34.8 Å². The van der Waals surface area contributed by atoms with Gasteiger partial charge in [-0.1, -0.05) is 34.8 Å². The minimum Gasteiger partial charge on any atom is -0.497 e. The van der Waals surface area contributed by atoms with Crippen LogP contribution in [0.15, 0.2) is 47.6 Å². The van der Waals surface area contributed by atoms with E-state index in [1.54, 1.807) is 25.3 Å². The van der Waals surface area contributed by atoms with Gasteiger partial charge in [0.2, 0.25) is 10.0 Å². The number of benzene rings is 2. The third-order valence-electron chi connectivity index (χ3n) is 4.26. The predicted octanol–water partition coefficient (Wildman–Crippen LogP) is 4.12. The zero-order valence-electron chi connectivity index (χ0n) is 16.8. The van der Waals surface area contributed by atoms with E-state index in [4.69, 9.17) is 39.5 Å². The maximum Gasteiger partial charge on any atom is 0.260 e. The number of hydrazone groups is 1. The fraction of sp³-hybridized carbons (Fsp3) is 0.150. The molecule has 1 N–H and O–H groups in total. The summed E-state index contributed by atoms with van der Waals surface area (Å²) in [7, 11) is -2.28. The van der Waals surface area contributed by atoms with Crippen LogP contribution < -0.4 is 14.5 Å². The van der Waals surface area contributed by atoms with Gasteiger partial charge in [0.05, 0.1) is 35.8 Å². The van der Waals surface area contributed by atoms with Crippen LogP contribution in [0.1, 0.15) is 5.56 Å². The lowest BCUT2D eigenvalue weighted by atomic mass is 10.1. The fourth-order valence-corrected chi connectivity index (χ4v) is 4.25. The minimum atomic E-state index is -3.83. The number of hydrogen-bond acceptors (Lipinski definition) is 6. The lowest BCUT2D eigenvalue weighted by Gasteiger charge is -2.22. The lowest BCUT2D eigenvalue weighted by molar-refractivity contribution is -0.119. The molecule has 0 bridgehead atoms. The number of pyridine rings is 1. The summed E-state index contributed by atoms with van der Waals surface area (Å²) >= 11 is 18.2. The number of carbonyl (C=O) groups is 1. The van der Waals surface area contributed by atoms with Crippen LogP contribution in [0.25, 0.3) is 10.9 Å². The van der Waals surface area contributed by atoms with Gasteiger partial charge in [-0.2, -0.15) is 5.10 Å². The number of anilines is 1. The Hall–Kier alpha value is -2.59. The van der Waals surface area contributed by atoms with Gasteiger partial charge in [-0.05, 0) is 36.4 Å². The molecule has 0 unspecified atom stereocenters. The molecule has 0 aliphatic carbocycles. The highest BCUT2D eigenvalue weighted by molar-refractivity contribution is 7.92. The van der Waals surface area contributed by atoms with Gasteiger partial charge in [0.1, 0.15) is 17.4 Å². The molecule has 1 heterocycles. The van der Waals surface area contributed by atoms with Crippen molar-refractivity contribution in [2.45, 2.75) is 0 Å². The Morgan fingerprint density at radius 3 is 2.62 bits per heavy atom. The highest BCUT2D eigenvalue weighted by atomic mass is 35.5. The molecule has 0 saturated heterocycles. The lowest BCUT2D eigenvalue weighted by Crippen LogP contribution is -2.39. The molecule has 0 radical (unpaired) electrons. The van der Waals surface area contributed by atoms with Gasteiger partial charge < -0.3 is 4.74 Å². The molecule has 1 aromatic heterocycles. The van der Waals surface area contributed by atoms with Crippen molar-refractivity contribution < 1.29 is 17.9 Å². The maximum atomic E-state index is 12.4. The number of fused-ring (bicyclic) bond motifs is 1. The molecule has 0 fully saturated rings. The maximum absolute atomic E-state index is 12.4. The molecule has 0 saturated carbocycles. The highest BCUT2D eigenvalue weighted by Crippen LogP contribution is 2.30. The third-order valence-corrected chi connectivity index (χ3v) is 6.25. The number of nitrogens with one attached hydrogen (secondary N) is 1. The van der Waals surface area contributed by atoms with E-state index in [0.29, 0.717) is 16.8 Å². The third kappa shape index (κ3) is 5.80. The Morgan fingerprint density at radius 2 is 1.94 bits per heavy atom. The summed E-state index contributed by atoms with van der Waals surface area (Å²) in [5.41, 5.74) is 3.45. The van der Waals surface area contributed by atoms with Crippen LogP contribution in [-0.2, 0) is 14.8 Å². The van der Waals surface area contributed by atoms with Gasteiger partial charge in [0.25, 0.3) is 5.91 Å². The van der Waals surface area contributed by atoms with Crippen LogP contribution in [0.2, 0.25) is 15.2 Å². The topological polar surface area (TPSA) is 101 Å². The van der Waals surface area contributed by atoms with E-state index < -0.39 is 22.5 Å². The first kappa shape index (κ1) is 24.1. The first-order chi connectivity index (χ1) is 15.1. The Morgan fingerprint density at radius 1 is 1.19 bits per heavy atom. The van der Waals surface area contributed by atoms with E-state index in [1.165, 1.54) is 24.4 Å². The normalized spacial score (nSPS) is 11.7. The Kier molecular flexibility index (Phi) is 7.45. The quantitative estimate of drug-likeness (QED) is 0.290. The largest absolute Gasteiger partial charge is 0.497 e. The summed E-state index contributed by atoms with van der Waals surface area (Å²) in [6, 6.07) is 11.4. The summed E-state index contributed by atoms with van der Waals surface area (Å²) in [5.74, 6) is -0.0534. The van der Waals surface area contributed by atoms with Gasteiger partial charge in [0, 0.05) is 22.0 Å². The molecule has 168 valence electrons. The Labute approximate surface area is 199 Å². The summed E-state index contributed by atoms with van der Waals surface area (Å²) in [5, 5.41) is 5.22. The Balaban J connectivity index is 1.76. The summed E-state index contributed by atoms with van der Waals surface area (Å²) in [6.45, 7) is -0.556. The van der Waals surface area contributed by atoms with Crippen molar-refractivity contribution >= 4 is 73.5 Å². The molecule has 8 nitrogen and oxygen atoms in total. The molecular weight excluding hydrogens is 499 g/mol. The SMILES string of the molecule is COc1ccc2cc(/C=N\NC(=O)CN(c3cc(Cl)ccc3Cl)S(C)(=O)=O)c(Cl)nc2c1. The van der Waals surface area contributed by atoms with E-state index in [9.17, 15) is 13.2 Å². The Bertz CT molecular complexity index is 1320. The zero-order chi connectivity index (χ0) is 23.5. The van der Waals surface area contributed by atoms with Gasteiger partial charge in [0.15, 0.2) is 0 Å². The van der Waals surface area contributed by atoms with Gasteiger partial charge in [-0.3, -0.25) is 9.10 Å². The first-order valence-corrected chi connectivity index (χ1v) is 12.0. The number of sulfonamides is 1. The molecule has 2 aromatic carbocycles. The average molecular weight is 516 g/mol. The van der Waals surface area contributed by atoms with E-state index in [-0.39, 0.29) is 20.9 Å². The number of carbonyl (C=O) groups excluding carboxylic acids is 1. The number of methoxy groups -OCH3 is 1. The first-order valence-electron chi connectivity index (χ1n) is 8.97. The van der Waals surface area contributed by atoms with Gasteiger partial charge in [-0.15, -0.1) is 0 Å². The van der Waals surface area contributed by atoms with E-state index >= 15 is 0 Å². The van der Waals surface area contributed by atoms with Crippen molar-refractivity contribution in [3.05, 3.63) is 63.2 Å². The van der Waals surface area contributed by atoms with Crippen molar-refractivity contribution in [1.29, 1.82) is 0 Å². The van der Waals surface area contributed by atoms with Crippen LogP contribution in [0.3, 0.4) is 0 Å². The second-order valence-corrected chi connectivity index (χ2v) is 9.69. The van der Waals surface area contributed by atoms with Crippen LogP contribution in [0.5, 0.6) is 5.75 Å². The molecule has 0 spiro atoms. The second-order valence-electron chi connectivity index (χ2n) is 6.59. The van der Waals surface area contributed by atoms with Gasteiger partial charge in [-0.25, -0.2) is 18.8 Å². The molecule has 1 amide bonds. The number of amides is 1. The van der Waals surface area contributed by atoms with Crippen LogP contribution in [-0.4, -0.2) is 45.4 Å². The smallest absolute Gasteiger partial charge is 0.260 e. The van der Waals surface area contributed by atoms with Crippen LogP contribution in [0.4, 0.5) is 5.69 Å². The highest BCUT2D eigenvalue weighted by Gasteiger charge is 2.23. The molecule has 3 rings (SSSR count). The average Bonchev–Trinajstić information content (AvgIpc) is 2.73. The standard InChI is InChI=1S/C20H17Cl3N4O4S/c1-31-15-5-3-12-7-13(20(23)25-17(12)9-15)10-24-26-19(28)11-27(32(2,29)30)18-8-14(21)4-6-16(18)22/h3-10H,11H2,1-2H3,(H,26,28)/b24-10-. The number of hydrogen-bond donors (Lipinski definition) is 1. The van der Waals surface area contributed by atoms with Gasteiger partial charge >= 0.3 is 0 Å². The number of halogens is 3. The molecule has 12 heteroatoms. The summed E-state index contributed by atoms with van der Waals surface area (Å²) in [4.78, 5) is 16.6. The van der Waals surface area contributed by atoms with Crippen molar-refractivity contribution in [3.8, 4) is 5.75 Å². The molecule has 0 aliphatic rings. The fourth-order valence-electron chi connectivity index (χ4n) is 2.75. The summed E-state index contributed by atoms with van der Waals surface area (Å²) in [6.07, 6.45) is 2.27.